The number of fused-ring (bicyclic) bond motifs is 2. The SMILES string of the molecule is CO.[Cl][RuH].c1cc(CN(C2CCCCC2)C2CCCCC2)c2nc3c(C[PH+](C4CCCCC4)C4CCCCC4)cccc3cc2c1. The van der Waals surface area contributed by atoms with Gasteiger partial charge in [0.05, 0.1) is 28.5 Å². The van der Waals surface area contributed by atoms with Crippen LogP contribution in [0.3, 0.4) is 0 Å². The van der Waals surface area contributed by atoms with E-state index in [0.717, 1.165) is 37.1 Å². The molecule has 0 unspecified atom stereocenters. The number of aromatic nitrogens is 1. The third kappa shape index (κ3) is 9.33. The average Bonchev–Trinajstić information content (AvgIpc) is 3.15. The Hall–Kier alpha value is -0.627. The third-order valence-corrected chi connectivity index (χ3v) is 16.0. The molecule has 0 amide bonds. The van der Waals surface area contributed by atoms with Gasteiger partial charge in [-0.2, -0.15) is 0 Å². The van der Waals surface area contributed by atoms with Gasteiger partial charge in [-0.05, 0) is 88.7 Å². The molecule has 0 spiro atoms. The zero-order valence-corrected chi connectivity index (χ0v) is 32.1. The van der Waals surface area contributed by atoms with Gasteiger partial charge in [0, 0.05) is 50.0 Å². The Morgan fingerprint density at radius 3 is 1.52 bits per heavy atom. The van der Waals surface area contributed by atoms with Gasteiger partial charge < -0.3 is 5.11 Å². The van der Waals surface area contributed by atoms with Gasteiger partial charge in [0.15, 0.2) is 0 Å². The van der Waals surface area contributed by atoms with Crippen LogP contribution in [0, 0.1) is 0 Å². The Kier molecular flexibility index (Phi) is 15.6. The topological polar surface area (TPSA) is 36.4 Å². The molecular formula is C40H61ClN2OPRu+. The Balaban J connectivity index is 0.00000100. The summed E-state index contributed by atoms with van der Waals surface area (Å²) in [5.41, 5.74) is 7.72. The molecule has 7 rings (SSSR count). The van der Waals surface area contributed by atoms with Crippen molar-refractivity contribution in [3.05, 3.63) is 53.6 Å². The molecule has 256 valence electrons. The van der Waals surface area contributed by atoms with Crippen LogP contribution in [0.4, 0.5) is 0 Å². The van der Waals surface area contributed by atoms with Crippen molar-refractivity contribution in [2.75, 3.05) is 7.11 Å². The number of benzene rings is 2. The van der Waals surface area contributed by atoms with Crippen molar-refractivity contribution >= 4 is 39.4 Å². The number of para-hydroxylation sites is 2. The molecule has 1 aromatic heterocycles. The van der Waals surface area contributed by atoms with Crippen LogP contribution in [0.2, 0.25) is 0 Å². The van der Waals surface area contributed by atoms with Crippen LogP contribution in [0.1, 0.15) is 140 Å². The number of pyridine rings is 1. The monoisotopic (exact) mass is 753 g/mol. The van der Waals surface area contributed by atoms with E-state index in [0.29, 0.717) is 0 Å². The molecule has 4 aliphatic carbocycles. The van der Waals surface area contributed by atoms with Gasteiger partial charge in [-0.25, -0.2) is 4.98 Å². The first-order chi connectivity index (χ1) is 22.8. The van der Waals surface area contributed by atoms with Crippen LogP contribution >= 0.6 is 17.6 Å². The second-order valence-electron chi connectivity index (χ2n) is 14.6. The maximum atomic E-state index is 7.00. The fraction of sp³-hybridized carbons (Fsp3) is 0.675. The van der Waals surface area contributed by atoms with Gasteiger partial charge in [0.25, 0.3) is 0 Å². The molecule has 0 radical (unpaired) electrons. The molecule has 3 aromatic rings. The van der Waals surface area contributed by atoms with Crippen molar-refractivity contribution in [1.82, 2.24) is 9.88 Å². The van der Waals surface area contributed by atoms with Crippen LogP contribution < -0.4 is 0 Å². The van der Waals surface area contributed by atoms with Gasteiger partial charge >= 0.3 is 27.0 Å². The summed E-state index contributed by atoms with van der Waals surface area (Å²) in [4.78, 5) is 8.62. The number of halogens is 1. The average molecular weight is 753 g/mol. The number of hydrogen-bond donors (Lipinski definition) is 1. The van der Waals surface area contributed by atoms with Crippen molar-refractivity contribution in [1.29, 1.82) is 0 Å². The maximum absolute atomic E-state index is 7.00. The molecule has 3 nitrogen and oxygen atoms in total. The summed E-state index contributed by atoms with van der Waals surface area (Å²) in [6.45, 7) is 1.09. The summed E-state index contributed by atoms with van der Waals surface area (Å²) in [7, 11) is 5.16. The Morgan fingerprint density at radius 2 is 1.04 bits per heavy atom. The minimum Gasteiger partial charge on any atom is -0.293 e. The predicted molar refractivity (Wildman–Crippen MR) is 200 cm³/mol. The van der Waals surface area contributed by atoms with Crippen LogP contribution in [-0.2, 0) is 30.0 Å². The fourth-order valence-electron chi connectivity index (χ4n) is 9.64. The molecule has 1 heterocycles. The Labute approximate surface area is 295 Å². The zero-order valence-electron chi connectivity index (χ0n) is 28.5. The van der Waals surface area contributed by atoms with E-state index in [-0.39, 0.29) is 0 Å². The van der Waals surface area contributed by atoms with Crippen molar-refractivity contribution in [2.24, 2.45) is 0 Å². The minimum atomic E-state index is -0.447. The quantitative estimate of drug-likeness (QED) is 0.141. The van der Waals surface area contributed by atoms with E-state index < -0.39 is 7.92 Å². The van der Waals surface area contributed by atoms with Crippen molar-refractivity contribution in [3.63, 3.8) is 0 Å². The van der Waals surface area contributed by atoms with E-state index in [1.165, 1.54) is 162 Å². The van der Waals surface area contributed by atoms with E-state index in [9.17, 15) is 0 Å². The van der Waals surface area contributed by atoms with Crippen LogP contribution in [-0.4, -0.2) is 45.5 Å². The van der Waals surface area contributed by atoms with Crippen molar-refractivity contribution in [3.8, 4) is 0 Å². The molecular weight excluding hydrogens is 692 g/mol. The first-order valence-electron chi connectivity index (χ1n) is 18.8. The number of aliphatic hydroxyl groups excluding tert-OH is 1. The molecule has 0 saturated heterocycles. The van der Waals surface area contributed by atoms with E-state index in [2.05, 4.69) is 57.1 Å². The van der Waals surface area contributed by atoms with Gasteiger partial charge in [-0.3, -0.25) is 4.90 Å². The third-order valence-electron chi connectivity index (χ3n) is 11.9. The Bertz CT molecular complexity index is 1180. The molecule has 0 atom stereocenters. The summed E-state index contributed by atoms with van der Waals surface area (Å²) in [6, 6.07) is 18.2. The van der Waals surface area contributed by atoms with Crippen LogP contribution in [0.25, 0.3) is 21.8 Å². The Morgan fingerprint density at radius 1 is 0.630 bits per heavy atom. The summed E-state index contributed by atoms with van der Waals surface area (Å²) >= 11 is 1.62. The van der Waals surface area contributed by atoms with E-state index in [4.69, 9.17) is 10.1 Å². The number of rotatable bonds is 8. The predicted octanol–water partition coefficient (Wildman–Crippen LogP) is 11.3. The molecule has 1 N–H and O–H groups in total. The van der Waals surface area contributed by atoms with E-state index >= 15 is 0 Å². The van der Waals surface area contributed by atoms with E-state index in [1.807, 2.05) is 0 Å². The second-order valence-corrected chi connectivity index (χ2v) is 17.8. The maximum Gasteiger partial charge on any atom is 0.0847 e. The zero-order chi connectivity index (χ0) is 32.1. The molecule has 4 fully saturated rings. The number of nitrogens with zero attached hydrogens (tertiary/aromatic N) is 2. The smallest absolute Gasteiger partial charge is 0.0847 e. The van der Waals surface area contributed by atoms with Gasteiger partial charge in [-0.15, -0.1) is 0 Å². The first kappa shape index (κ1) is 36.6. The standard InChI is InChI=1S/C39H55N2P.CH4O.ClH.Ru.H/c1-5-19-34(20-6-1)41(35-21-7-2-8-22-35)28-32-17-13-15-30-27-31-16-14-18-33(39(31)40-38(30)32)29-42(36-23-9-3-10-24-36)37-25-11-4-12-26-37;1-2;;;/h13-18,27,34-37H,1-12,19-26,28-29H2;2H,1H3;1H;;/q;;;+1;. The largest absolute Gasteiger partial charge is 0.293 e. The minimum absolute atomic E-state index is 0.447. The number of hydrogen-bond acceptors (Lipinski definition) is 3. The molecule has 4 aliphatic rings. The molecule has 4 saturated carbocycles. The van der Waals surface area contributed by atoms with Gasteiger partial charge in [0.1, 0.15) is 0 Å². The molecule has 0 bridgehead atoms. The summed E-state index contributed by atoms with van der Waals surface area (Å²) in [6.07, 6.45) is 30.4. The van der Waals surface area contributed by atoms with Crippen LogP contribution in [0.15, 0.2) is 42.5 Å². The molecule has 2 aromatic carbocycles. The van der Waals surface area contributed by atoms with Crippen molar-refractivity contribution < 1.29 is 22.4 Å². The normalized spacial score (nSPS) is 20.8. The molecule has 46 heavy (non-hydrogen) atoms. The fourth-order valence-corrected chi connectivity index (χ4v) is 13.9. The van der Waals surface area contributed by atoms with Gasteiger partial charge in [0.2, 0.25) is 0 Å². The molecule has 6 heteroatoms. The van der Waals surface area contributed by atoms with E-state index in [1.54, 1.807) is 22.9 Å². The van der Waals surface area contributed by atoms with Gasteiger partial charge in [-0.1, -0.05) is 87.8 Å². The second kappa shape index (κ2) is 19.5. The molecule has 0 aliphatic heterocycles. The summed E-state index contributed by atoms with van der Waals surface area (Å²) < 4.78 is 0. The van der Waals surface area contributed by atoms with Crippen LogP contribution in [0.5, 0.6) is 0 Å². The number of aliphatic hydroxyl groups is 1. The van der Waals surface area contributed by atoms with Crippen molar-refractivity contribution in [2.45, 2.75) is 165 Å². The first-order valence-corrected chi connectivity index (χ1v) is 23.1. The summed E-state index contributed by atoms with van der Waals surface area (Å²) in [5, 5.41) is 9.71. The summed E-state index contributed by atoms with van der Waals surface area (Å²) in [5.74, 6) is 0.